The summed E-state index contributed by atoms with van der Waals surface area (Å²) in [7, 11) is -1.17. The Kier molecular flexibility index (Phi) is 4.92. The third kappa shape index (κ3) is 3.31. The van der Waals surface area contributed by atoms with Gasteiger partial charge in [-0.2, -0.15) is 0 Å². The molecule has 0 spiro atoms. The molecule has 0 N–H and O–H groups in total. The van der Waals surface area contributed by atoms with Gasteiger partial charge in [0.25, 0.3) is 0 Å². The summed E-state index contributed by atoms with van der Waals surface area (Å²) in [5.41, 5.74) is 2.08. The molecule has 0 aliphatic rings. The fourth-order valence-corrected chi connectivity index (χ4v) is 4.37. The zero-order valence-corrected chi connectivity index (χ0v) is 14.1. The van der Waals surface area contributed by atoms with Crippen LogP contribution in [0.25, 0.3) is 0 Å². The first-order chi connectivity index (χ1) is 11.7. The summed E-state index contributed by atoms with van der Waals surface area (Å²) >= 11 is 0. The lowest BCUT2D eigenvalue weighted by molar-refractivity contribution is 0.105. The molecule has 2 nitrogen and oxygen atoms in total. The van der Waals surface area contributed by atoms with Gasteiger partial charge in [0, 0.05) is 5.56 Å². The minimum absolute atomic E-state index is 0.140. The Morgan fingerprint density at radius 3 is 1.50 bits per heavy atom. The van der Waals surface area contributed by atoms with Crippen LogP contribution < -0.4 is 0 Å². The lowest BCUT2D eigenvalue weighted by Gasteiger charge is -2.07. The molecule has 0 atom stereocenters. The molecule has 0 fully saturated rings. The summed E-state index contributed by atoms with van der Waals surface area (Å²) < 4.78 is 0. The summed E-state index contributed by atoms with van der Waals surface area (Å²) in [5, 5.41) is -0.280. The molecule has 0 saturated heterocycles. The molecule has 0 saturated carbocycles. The third-order valence-electron chi connectivity index (χ3n) is 3.70. The first-order valence-electron chi connectivity index (χ1n) is 7.67. The third-order valence-corrected chi connectivity index (χ3v) is 5.81. The predicted molar refractivity (Wildman–Crippen MR) is 98.4 cm³/mol. The number of hydrogen-bond acceptors (Lipinski definition) is 2. The van der Waals surface area contributed by atoms with Gasteiger partial charge in [0.15, 0.2) is 15.8 Å². The minimum atomic E-state index is -1.17. The van der Waals surface area contributed by atoms with Crippen LogP contribution in [-0.2, 0) is 10.9 Å². The van der Waals surface area contributed by atoms with E-state index >= 15 is 0 Å². The molecule has 0 unspecified atom stereocenters. The van der Waals surface area contributed by atoms with E-state index in [2.05, 4.69) is 0 Å². The van der Waals surface area contributed by atoms with Crippen LogP contribution in [0.1, 0.15) is 26.3 Å². The smallest absolute Gasteiger partial charge is 0.230 e. The molecule has 0 aromatic heterocycles. The van der Waals surface area contributed by atoms with E-state index in [0.717, 1.165) is 10.5 Å². The molecule has 0 aliphatic heterocycles. The first-order valence-corrected chi connectivity index (χ1v) is 8.89. The maximum absolute atomic E-state index is 13.1. The van der Waals surface area contributed by atoms with Crippen LogP contribution in [0.3, 0.4) is 0 Å². The van der Waals surface area contributed by atoms with E-state index in [-0.39, 0.29) is 10.2 Å². The van der Waals surface area contributed by atoms with Crippen LogP contribution in [0.4, 0.5) is 0 Å². The predicted octanol–water partition coefficient (Wildman–Crippen LogP) is 4.65. The lowest BCUT2D eigenvalue weighted by atomic mass is 10.2. The Morgan fingerprint density at radius 1 is 0.625 bits per heavy atom. The van der Waals surface area contributed by atoms with Gasteiger partial charge in [-0.05, 0) is 37.3 Å². The highest BCUT2D eigenvalue weighted by molar-refractivity contribution is 8.24. The van der Waals surface area contributed by atoms with E-state index in [9.17, 15) is 9.59 Å². The van der Waals surface area contributed by atoms with Crippen molar-refractivity contribution in [1.82, 2.24) is 0 Å². The van der Waals surface area contributed by atoms with Crippen LogP contribution in [0.2, 0.25) is 0 Å². The van der Waals surface area contributed by atoms with Crippen molar-refractivity contribution in [3.8, 4) is 0 Å². The fraction of sp³-hybridized carbons (Fsp3) is 0.0476. The molecule has 0 aliphatic carbocycles. The topological polar surface area (TPSA) is 34.1 Å². The van der Waals surface area contributed by atoms with E-state index in [1.807, 2.05) is 67.6 Å². The van der Waals surface area contributed by atoms with Crippen LogP contribution in [-0.4, -0.2) is 10.2 Å². The van der Waals surface area contributed by atoms with Gasteiger partial charge in [-0.1, -0.05) is 54.6 Å². The minimum Gasteiger partial charge on any atom is -0.230 e. The normalized spacial score (nSPS) is 10.6. The second-order valence-corrected chi connectivity index (χ2v) is 7.17. The van der Waals surface area contributed by atoms with Crippen LogP contribution in [0.15, 0.2) is 89.8 Å². The van der Waals surface area contributed by atoms with Gasteiger partial charge < -0.3 is 0 Å². The van der Waals surface area contributed by atoms with Gasteiger partial charge in [0.1, 0.15) is 0 Å². The quantitative estimate of drug-likeness (QED) is 0.654. The lowest BCUT2D eigenvalue weighted by Crippen LogP contribution is -2.26. The molecule has 24 heavy (non-hydrogen) atoms. The summed E-state index contributed by atoms with van der Waals surface area (Å²) in [4.78, 5) is 27.0. The van der Waals surface area contributed by atoms with Crippen LogP contribution in [0.5, 0.6) is 0 Å². The average Bonchev–Trinajstić information content (AvgIpc) is 2.64. The van der Waals surface area contributed by atoms with E-state index < -0.39 is 10.9 Å². The molecule has 0 amide bonds. The van der Waals surface area contributed by atoms with E-state index in [1.165, 1.54) is 0 Å². The zero-order chi connectivity index (χ0) is 16.9. The van der Waals surface area contributed by atoms with E-state index in [0.29, 0.717) is 11.1 Å². The van der Waals surface area contributed by atoms with Crippen LogP contribution >= 0.6 is 0 Å². The van der Waals surface area contributed by atoms with Crippen molar-refractivity contribution in [2.24, 2.45) is 0 Å². The molecule has 0 radical (unpaired) electrons. The Labute approximate surface area is 144 Å². The molecule has 3 heteroatoms. The number of carbonyl (C=O) groups excluding carboxylic acids is 2. The first kappa shape index (κ1) is 16.2. The Morgan fingerprint density at radius 2 is 1.04 bits per heavy atom. The molecule has 3 aromatic carbocycles. The standard InChI is InChI=1S/C21H17O2S/c1-16-10-8-9-15-19(16)24(20(22)17-11-4-2-5-12-17)21(23)18-13-6-3-7-14-18/h2-15H,1H3/q+1. The van der Waals surface area contributed by atoms with Gasteiger partial charge in [0.2, 0.25) is 0 Å². The number of carbonyl (C=O) groups is 2. The monoisotopic (exact) mass is 333 g/mol. The van der Waals surface area contributed by atoms with Crippen LogP contribution in [0, 0.1) is 6.92 Å². The zero-order valence-electron chi connectivity index (χ0n) is 13.3. The van der Waals surface area contributed by atoms with Crippen molar-refractivity contribution in [1.29, 1.82) is 0 Å². The Balaban J connectivity index is 2.10. The van der Waals surface area contributed by atoms with Crippen molar-refractivity contribution >= 4 is 21.1 Å². The highest BCUT2D eigenvalue weighted by atomic mass is 32.2. The number of benzene rings is 3. The second-order valence-electron chi connectivity index (χ2n) is 5.38. The Hall–Kier alpha value is -2.65. The van der Waals surface area contributed by atoms with E-state index in [4.69, 9.17) is 0 Å². The van der Waals surface area contributed by atoms with Gasteiger partial charge >= 0.3 is 10.2 Å². The maximum Gasteiger partial charge on any atom is 0.376 e. The van der Waals surface area contributed by atoms with Crippen molar-refractivity contribution in [3.05, 3.63) is 102 Å². The molecule has 0 heterocycles. The summed E-state index contributed by atoms with van der Waals surface area (Å²) in [5.74, 6) is 0. The van der Waals surface area contributed by atoms with Crippen molar-refractivity contribution < 1.29 is 9.59 Å². The Bertz CT molecular complexity index is 806. The molecular formula is C21H17O2S+. The number of hydrogen-bond donors (Lipinski definition) is 0. The summed E-state index contributed by atoms with van der Waals surface area (Å²) in [6, 6.07) is 25.7. The van der Waals surface area contributed by atoms with Crippen molar-refractivity contribution in [2.45, 2.75) is 11.8 Å². The molecule has 3 rings (SSSR count). The van der Waals surface area contributed by atoms with Gasteiger partial charge in [-0.25, -0.2) is 9.59 Å². The second kappa shape index (κ2) is 7.28. The average molecular weight is 333 g/mol. The van der Waals surface area contributed by atoms with E-state index in [1.54, 1.807) is 24.3 Å². The van der Waals surface area contributed by atoms with Gasteiger partial charge in [-0.15, -0.1) is 0 Å². The molecular weight excluding hydrogens is 316 g/mol. The van der Waals surface area contributed by atoms with Gasteiger partial charge in [-0.3, -0.25) is 0 Å². The van der Waals surface area contributed by atoms with Gasteiger partial charge in [0.05, 0.1) is 11.1 Å². The highest BCUT2D eigenvalue weighted by Crippen LogP contribution is 2.26. The van der Waals surface area contributed by atoms with Crippen molar-refractivity contribution in [3.63, 3.8) is 0 Å². The highest BCUT2D eigenvalue weighted by Gasteiger charge is 2.43. The number of rotatable bonds is 3. The number of aryl methyl sites for hydroxylation is 1. The molecule has 0 bridgehead atoms. The fourth-order valence-electron chi connectivity index (χ4n) is 2.45. The van der Waals surface area contributed by atoms with Crippen molar-refractivity contribution in [2.75, 3.05) is 0 Å². The molecule has 3 aromatic rings. The summed E-state index contributed by atoms with van der Waals surface area (Å²) in [6.07, 6.45) is 0. The maximum atomic E-state index is 13.1. The molecule has 118 valence electrons. The SMILES string of the molecule is Cc1ccccc1[S+](C(=O)c1ccccc1)C(=O)c1ccccc1. The summed E-state index contributed by atoms with van der Waals surface area (Å²) in [6.45, 7) is 1.94. The largest absolute Gasteiger partial charge is 0.376 e.